The van der Waals surface area contributed by atoms with Crippen LogP contribution in [0.4, 0.5) is 5.69 Å². The minimum atomic E-state index is 0.702. The summed E-state index contributed by atoms with van der Waals surface area (Å²) < 4.78 is 5.47. The molecule has 3 nitrogen and oxygen atoms in total. The fourth-order valence-corrected chi connectivity index (χ4v) is 2.77. The van der Waals surface area contributed by atoms with Crippen molar-refractivity contribution in [3.05, 3.63) is 23.8 Å². The molecule has 19 heavy (non-hydrogen) atoms. The first-order valence-electron chi connectivity index (χ1n) is 7.28. The molecular weight excluding hydrogens is 236 g/mol. The van der Waals surface area contributed by atoms with E-state index in [-0.39, 0.29) is 0 Å². The summed E-state index contributed by atoms with van der Waals surface area (Å²) in [6.45, 7) is 0.939. The van der Waals surface area contributed by atoms with Gasteiger partial charge in [-0.25, -0.2) is 0 Å². The van der Waals surface area contributed by atoms with Crippen molar-refractivity contribution in [1.29, 1.82) is 0 Å². The Bertz CT molecular complexity index is 398. The van der Waals surface area contributed by atoms with Gasteiger partial charge in [0.2, 0.25) is 0 Å². The Morgan fingerprint density at radius 1 is 1.21 bits per heavy atom. The number of methoxy groups -OCH3 is 1. The highest BCUT2D eigenvalue weighted by atomic mass is 16.5. The smallest absolute Gasteiger partial charge is 0.142 e. The van der Waals surface area contributed by atoms with Gasteiger partial charge in [0.15, 0.2) is 0 Å². The van der Waals surface area contributed by atoms with E-state index in [1.807, 2.05) is 14.1 Å². The minimum absolute atomic E-state index is 0.702. The average molecular weight is 262 g/mol. The number of hydrogen-bond acceptors (Lipinski definition) is 3. The highest BCUT2D eigenvalue weighted by Gasteiger charge is 2.13. The van der Waals surface area contributed by atoms with E-state index in [0.29, 0.717) is 6.04 Å². The van der Waals surface area contributed by atoms with Crippen LogP contribution in [0.25, 0.3) is 0 Å². The highest BCUT2D eigenvalue weighted by molar-refractivity contribution is 5.58. The molecule has 1 aromatic carbocycles. The zero-order valence-electron chi connectivity index (χ0n) is 12.4. The number of nitrogens with one attached hydrogen (secondary N) is 1. The molecule has 0 amide bonds. The molecule has 0 bridgehead atoms. The quantitative estimate of drug-likeness (QED) is 0.882. The second kappa shape index (κ2) is 6.80. The Morgan fingerprint density at radius 2 is 1.95 bits per heavy atom. The van der Waals surface area contributed by atoms with Crippen LogP contribution in [0.15, 0.2) is 18.2 Å². The number of anilines is 1. The molecule has 1 aliphatic rings. The Morgan fingerprint density at radius 3 is 2.58 bits per heavy atom. The normalized spacial score (nSPS) is 16.4. The number of ether oxygens (including phenoxy) is 1. The fourth-order valence-electron chi connectivity index (χ4n) is 2.77. The van der Waals surface area contributed by atoms with Gasteiger partial charge in [0.05, 0.1) is 12.8 Å². The van der Waals surface area contributed by atoms with Crippen LogP contribution < -0.4 is 15.0 Å². The third kappa shape index (κ3) is 3.87. The standard InChI is InChI=1S/C16H26N2O/c1-18(2)15-10-9-13(11-16(15)19-3)12-17-14-7-5-4-6-8-14/h9-11,14,17H,4-8,12H2,1-3H3. The molecule has 1 aliphatic carbocycles. The molecule has 106 valence electrons. The van der Waals surface area contributed by atoms with Gasteiger partial charge < -0.3 is 15.0 Å². The SMILES string of the molecule is COc1cc(CNC2CCCCC2)ccc1N(C)C. The summed E-state index contributed by atoms with van der Waals surface area (Å²) in [5, 5.41) is 3.67. The lowest BCUT2D eigenvalue weighted by Gasteiger charge is -2.23. The molecule has 0 unspecified atom stereocenters. The first kappa shape index (κ1) is 14.2. The van der Waals surface area contributed by atoms with E-state index >= 15 is 0 Å². The van der Waals surface area contributed by atoms with E-state index in [1.54, 1.807) is 7.11 Å². The van der Waals surface area contributed by atoms with E-state index < -0.39 is 0 Å². The fraction of sp³-hybridized carbons (Fsp3) is 0.625. The van der Waals surface area contributed by atoms with Crippen molar-refractivity contribution in [3.8, 4) is 5.75 Å². The van der Waals surface area contributed by atoms with Crippen LogP contribution in [0, 0.1) is 0 Å². The molecule has 3 heteroatoms. The third-order valence-corrected chi connectivity index (χ3v) is 3.93. The predicted octanol–water partition coefficient (Wildman–Crippen LogP) is 3.18. The average Bonchev–Trinajstić information content (AvgIpc) is 2.45. The van der Waals surface area contributed by atoms with Gasteiger partial charge >= 0.3 is 0 Å². The number of rotatable bonds is 5. The monoisotopic (exact) mass is 262 g/mol. The van der Waals surface area contributed by atoms with Crippen LogP contribution in [0.1, 0.15) is 37.7 Å². The van der Waals surface area contributed by atoms with E-state index in [1.165, 1.54) is 37.7 Å². The van der Waals surface area contributed by atoms with Gasteiger partial charge in [-0.1, -0.05) is 25.3 Å². The van der Waals surface area contributed by atoms with E-state index in [9.17, 15) is 0 Å². The molecule has 1 saturated carbocycles. The van der Waals surface area contributed by atoms with Crippen LogP contribution in [0.5, 0.6) is 5.75 Å². The van der Waals surface area contributed by atoms with Crippen molar-refractivity contribution in [2.45, 2.75) is 44.7 Å². The van der Waals surface area contributed by atoms with Crippen molar-refractivity contribution in [2.75, 3.05) is 26.1 Å². The molecule has 0 aromatic heterocycles. The molecular formula is C16H26N2O. The van der Waals surface area contributed by atoms with E-state index in [4.69, 9.17) is 4.74 Å². The maximum Gasteiger partial charge on any atom is 0.142 e. The second-order valence-corrected chi connectivity index (χ2v) is 5.62. The molecule has 0 spiro atoms. The van der Waals surface area contributed by atoms with Crippen LogP contribution >= 0.6 is 0 Å². The van der Waals surface area contributed by atoms with E-state index in [2.05, 4.69) is 28.4 Å². The van der Waals surface area contributed by atoms with Crippen LogP contribution in [0.2, 0.25) is 0 Å². The van der Waals surface area contributed by atoms with Crippen molar-refractivity contribution in [3.63, 3.8) is 0 Å². The predicted molar refractivity (Wildman–Crippen MR) is 81.0 cm³/mol. The van der Waals surface area contributed by atoms with Crippen molar-refractivity contribution in [1.82, 2.24) is 5.32 Å². The van der Waals surface area contributed by atoms with Crippen LogP contribution in [0.3, 0.4) is 0 Å². The molecule has 0 radical (unpaired) electrons. The number of hydrogen-bond donors (Lipinski definition) is 1. The Kier molecular flexibility index (Phi) is 5.08. The first-order chi connectivity index (χ1) is 9.20. The maximum atomic E-state index is 5.47. The molecule has 0 atom stereocenters. The van der Waals surface area contributed by atoms with Crippen LogP contribution in [-0.4, -0.2) is 27.2 Å². The second-order valence-electron chi connectivity index (χ2n) is 5.62. The molecule has 2 rings (SSSR count). The van der Waals surface area contributed by atoms with Gasteiger partial charge in [0.25, 0.3) is 0 Å². The highest BCUT2D eigenvalue weighted by Crippen LogP contribution is 2.28. The van der Waals surface area contributed by atoms with Gasteiger partial charge in [0.1, 0.15) is 5.75 Å². The summed E-state index contributed by atoms with van der Waals surface area (Å²) in [6, 6.07) is 7.17. The van der Waals surface area contributed by atoms with E-state index in [0.717, 1.165) is 18.0 Å². The van der Waals surface area contributed by atoms with Gasteiger partial charge in [-0.3, -0.25) is 0 Å². The summed E-state index contributed by atoms with van der Waals surface area (Å²) in [5.74, 6) is 0.952. The van der Waals surface area contributed by atoms with Crippen LogP contribution in [-0.2, 0) is 6.54 Å². The lowest BCUT2D eigenvalue weighted by atomic mass is 9.95. The zero-order chi connectivity index (χ0) is 13.7. The third-order valence-electron chi connectivity index (χ3n) is 3.93. The zero-order valence-corrected chi connectivity index (χ0v) is 12.4. The Hall–Kier alpha value is -1.22. The molecule has 0 heterocycles. The van der Waals surface area contributed by atoms with Crippen molar-refractivity contribution >= 4 is 5.69 Å². The maximum absolute atomic E-state index is 5.47. The summed E-state index contributed by atoms with van der Waals surface area (Å²) in [4.78, 5) is 2.08. The lowest BCUT2D eigenvalue weighted by molar-refractivity contribution is 0.371. The first-order valence-corrected chi connectivity index (χ1v) is 7.28. The summed E-state index contributed by atoms with van der Waals surface area (Å²) in [5.41, 5.74) is 2.43. The topological polar surface area (TPSA) is 24.5 Å². The van der Waals surface area contributed by atoms with Gasteiger partial charge in [-0.05, 0) is 30.5 Å². The molecule has 1 aromatic rings. The van der Waals surface area contributed by atoms with Crippen molar-refractivity contribution < 1.29 is 4.74 Å². The Balaban J connectivity index is 1.96. The minimum Gasteiger partial charge on any atom is -0.495 e. The van der Waals surface area contributed by atoms with Crippen molar-refractivity contribution in [2.24, 2.45) is 0 Å². The number of nitrogens with zero attached hydrogens (tertiary/aromatic N) is 1. The van der Waals surface area contributed by atoms with Gasteiger partial charge in [0, 0.05) is 26.7 Å². The largest absolute Gasteiger partial charge is 0.495 e. The molecule has 0 saturated heterocycles. The summed E-state index contributed by atoms with van der Waals surface area (Å²) >= 11 is 0. The lowest BCUT2D eigenvalue weighted by Crippen LogP contribution is -2.30. The molecule has 0 aliphatic heterocycles. The summed E-state index contributed by atoms with van der Waals surface area (Å²) in [7, 11) is 5.82. The summed E-state index contributed by atoms with van der Waals surface area (Å²) in [6.07, 6.45) is 6.81. The van der Waals surface area contributed by atoms with Gasteiger partial charge in [-0.15, -0.1) is 0 Å². The molecule has 1 N–H and O–H groups in total. The Labute approximate surface area is 116 Å². The number of benzene rings is 1. The van der Waals surface area contributed by atoms with Gasteiger partial charge in [-0.2, -0.15) is 0 Å². The molecule has 1 fully saturated rings.